The van der Waals surface area contributed by atoms with Gasteiger partial charge in [-0.2, -0.15) is 4.31 Å². The topological polar surface area (TPSA) is 92.8 Å². The number of ketones is 1. The summed E-state index contributed by atoms with van der Waals surface area (Å²) < 4.78 is 34.2. The first-order valence-corrected chi connectivity index (χ1v) is 14.5. The van der Waals surface area contributed by atoms with E-state index >= 15 is 0 Å². The highest BCUT2D eigenvalue weighted by atomic mass is 35.5. The molecule has 0 aliphatic carbocycles. The monoisotopic (exact) mass is 576 g/mol. The molecule has 0 aromatic heterocycles. The Balaban J connectivity index is 1.64. The van der Waals surface area contributed by atoms with Gasteiger partial charge in [0.05, 0.1) is 23.7 Å². The van der Waals surface area contributed by atoms with E-state index in [0.717, 1.165) is 4.31 Å². The molecular formula is C31H29ClN2O5S. The molecule has 0 bridgehead atoms. The van der Waals surface area contributed by atoms with Gasteiger partial charge in [-0.25, -0.2) is 8.42 Å². The molecule has 0 saturated heterocycles. The fraction of sp³-hybridized carbons (Fsp3) is 0.161. The van der Waals surface area contributed by atoms with Gasteiger partial charge in [0.25, 0.3) is 0 Å². The van der Waals surface area contributed by atoms with Crippen molar-refractivity contribution in [1.29, 1.82) is 0 Å². The van der Waals surface area contributed by atoms with Crippen molar-refractivity contribution in [3.05, 3.63) is 124 Å². The smallest absolute Gasteiger partial charge is 0.243 e. The van der Waals surface area contributed by atoms with Gasteiger partial charge < -0.3 is 10.1 Å². The minimum Gasteiger partial charge on any atom is -0.494 e. The summed E-state index contributed by atoms with van der Waals surface area (Å²) in [6, 6.07) is 26.8. The van der Waals surface area contributed by atoms with Crippen molar-refractivity contribution in [3.8, 4) is 5.75 Å². The number of hydrogen-bond acceptors (Lipinski definition) is 5. The van der Waals surface area contributed by atoms with E-state index in [-0.39, 0.29) is 28.5 Å². The number of nitrogens with one attached hydrogen (secondary N) is 1. The Labute approximate surface area is 239 Å². The second-order valence-electron chi connectivity index (χ2n) is 9.05. The summed E-state index contributed by atoms with van der Waals surface area (Å²) in [5.74, 6) is -0.337. The summed E-state index contributed by atoms with van der Waals surface area (Å²) >= 11 is 6.17. The van der Waals surface area contributed by atoms with Crippen LogP contribution in [0, 0.1) is 6.92 Å². The van der Waals surface area contributed by atoms with E-state index in [1.54, 1.807) is 73.7 Å². The molecular weight excluding hydrogens is 548 g/mol. The van der Waals surface area contributed by atoms with Gasteiger partial charge in [0.2, 0.25) is 15.9 Å². The number of aryl methyl sites for hydroxylation is 1. The minimum atomic E-state index is -4.09. The molecule has 0 spiro atoms. The van der Waals surface area contributed by atoms with E-state index in [1.165, 1.54) is 24.3 Å². The lowest BCUT2D eigenvalue weighted by Crippen LogP contribution is -2.37. The van der Waals surface area contributed by atoms with Gasteiger partial charge in [0.1, 0.15) is 5.75 Å². The van der Waals surface area contributed by atoms with Gasteiger partial charge in [-0.15, -0.1) is 0 Å². The van der Waals surface area contributed by atoms with Crippen LogP contribution in [0.1, 0.15) is 34.0 Å². The number of anilines is 1. The lowest BCUT2D eigenvalue weighted by Gasteiger charge is -2.23. The molecule has 0 saturated carbocycles. The van der Waals surface area contributed by atoms with Gasteiger partial charge in [-0.05, 0) is 61.4 Å². The highest BCUT2D eigenvalue weighted by Crippen LogP contribution is 2.27. The Bertz CT molecular complexity index is 1610. The lowest BCUT2D eigenvalue weighted by molar-refractivity contribution is -0.116. The number of sulfonamides is 1. The second-order valence-corrected chi connectivity index (χ2v) is 11.4. The quantitative estimate of drug-likeness (QED) is 0.218. The zero-order valence-electron chi connectivity index (χ0n) is 22.1. The van der Waals surface area contributed by atoms with E-state index in [1.807, 2.05) is 13.0 Å². The summed E-state index contributed by atoms with van der Waals surface area (Å²) in [5.41, 5.74) is 2.24. The molecule has 9 heteroatoms. The third-order valence-corrected chi connectivity index (χ3v) is 8.16. The number of amides is 1. The second kappa shape index (κ2) is 12.9. The van der Waals surface area contributed by atoms with Crippen LogP contribution in [0.5, 0.6) is 5.75 Å². The Morgan fingerprint density at radius 1 is 0.900 bits per heavy atom. The maximum absolute atomic E-state index is 13.8. The van der Waals surface area contributed by atoms with Crippen LogP contribution in [-0.2, 0) is 21.4 Å². The Hall–Kier alpha value is -3.98. The molecule has 7 nitrogen and oxygen atoms in total. The molecule has 1 N–H and O–H groups in total. The summed E-state index contributed by atoms with van der Waals surface area (Å²) in [7, 11) is -4.09. The Morgan fingerprint density at radius 2 is 1.57 bits per heavy atom. The molecule has 0 aliphatic heterocycles. The van der Waals surface area contributed by atoms with Gasteiger partial charge in [-0.3, -0.25) is 9.59 Å². The van der Waals surface area contributed by atoms with E-state index in [2.05, 4.69) is 5.32 Å². The van der Waals surface area contributed by atoms with Crippen LogP contribution in [0.15, 0.2) is 102 Å². The first-order valence-electron chi connectivity index (χ1n) is 12.7. The molecule has 206 valence electrons. The first-order chi connectivity index (χ1) is 19.2. The fourth-order valence-corrected chi connectivity index (χ4v) is 5.81. The molecule has 0 unspecified atom stereocenters. The largest absolute Gasteiger partial charge is 0.494 e. The van der Waals surface area contributed by atoms with Crippen LogP contribution < -0.4 is 10.1 Å². The first kappa shape index (κ1) is 29.0. The molecule has 4 rings (SSSR count). The summed E-state index contributed by atoms with van der Waals surface area (Å²) in [4.78, 5) is 26.5. The molecule has 0 fully saturated rings. The maximum atomic E-state index is 13.8. The lowest BCUT2D eigenvalue weighted by atomic mass is 10.0. The van der Waals surface area contributed by atoms with Crippen LogP contribution in [0.3, 0.4) is 0 Å². The standard InChI is InChI=1S/C31H29ClN2O5S/c1-3-39-29-17-15-26(18-22(29)2)40(37,38)34(20-23-10-6-4-7-11-23)21-30(35)33-28-16-14-25(32)19-27(28)31(36)24-12-8-5-9-13-24/h4-19H,3,20-21H2,1-2H3,(H,33,35). The number of carbonyl (C=O) groups excluding carboxylic acids is 2. The summed E-state index contributed by atoms with van der Waals surface area (Å²) in [6.45, 7) is 3.56. The number of hydrogen-bond donors (Lipinski definition) is 1. The van der Waals surface area contributed by atoms with Crippen molar-refractivity contribution in [2.45, 2.75) is 25.3 Å². The molecule has 4 aromatic rings. The van der Waals surface area contributed by atoms with Crippen LogP contribution in [-0.4, -0.2) is 37.6 Å². The molecule has 4 aromatic carbocycles. The minimum absolute atomic E-state index is 0.0285. The third kappa shape index (κ3) is 6.96. The Morgan fingerprint density at radius 3 is 2.23 bits per heavy atom. The van der Waals surface area contributed by atoms with Crippen LogP contribution >= 0.6 is 11.6 Å². The molecule has 0 radical (unpaired) electrons. The van der Waals surface area contributed by atoms with Gasteiger partial charge in [0.15, 0.2) is 5.78 Å². The number of rotatable bonds is 11. The number of benzene rings is 4. The number of carbonyl (C=O) groups is 2. The van der Waals surface area contributed by atoms with E-state index in [9.17, 15) is 18.0 Å². The summed E-state index contributed by atoms with van der Waals surface area (Å²) in [6.07, 6.45) is 0. The van der Waals surface area contributed by atoms with E-state index in [0.29, 0.717) is 34.1 Å². The van der Waals surface area contributed by atoms with Crippen molar-refractivity contribution >= 4 is 39.0 Å². The molecule has 0 atom stereocenters. The number of ether oxygens (including phenoxy) is 1. The van der Waals surface area contributed by atoms with Crippen molar-refractivity contribution in [2.75, 3.05) is 18.5 Å². The SMILES string of the molecule is CCOc1ccc(S(=O)(=O)N(CC(=O)Nc2ccc(Cl)cc2C(=O)c2ccccc2)Cc2ccccc2)cc1C. The predicted octanol–water partition coefficient (Wildman–Crippen LogP) is 6.11. The number of nitrogens with zero attached hydrogens (tertiary/aromatic N) is 1. The van der Waals surface area contributed by atoms with E-state index in [4.69, 9.17) is 16.3 Å². The summed E-state index contributed by atoms with van der Waals surface area (Å²) in [5, 5.41) is 3.05. The molecule has 40 heavy (non-hydrogen) atoms. The fourth-order valence-electron chi connectivity index (χ4n) is 4.17. The average Bonchev–Trinajstić information content (AvgIpc) is 2.95. The van der Waals surface area contributed by atoms with E-state index < -0.39 is 22.5 Å². The van der Waals surface area contributed by atoms with Crippen molar-refractivity contribution in [1.82, 2.24) is 4.31 Å². The predicted molar refractivity (Wildman–Crippen MR) is 156 cm³/mol. The van der Waals surface area contributed by atoms with Crippen molar-refractivity contribution < 1.29 is 22.7 Å². The van der Waals surface area contributed by atoms with Gasteiger partial charge >= 0.3 is 0 Å². The zero-order valence-corrected chi connectivity index (χ0v) is 23.7. The van der Waals surface area contributed by atoms with Gasteiger partial charge in [0, 0.05) is 22.7 Å². The number of halogens is 1. The Kier molecular flexibility index (Phi) is 9.37. The highest BCUT2D eigenvalue weighted by molar-refractivity contribution is 7.89. The highest BCUT2D eigenvalue weighted by Gasteiger charge is 2.28. The average molecular weight is 577 g/mol. The van der Waals surface area contributed by atoms with Crippen molar-refractivity contribution in [2.24, 2.45) is 0 Å². The molecule has 1 amide bonds. The van der Waals surface area contributed by atoms with Crippen LogP contribution in [0.25, 0.3) is 0 Å². The van der Waals surface area contributed by atoms with Gasteiger partial charge in [-0.1, -0.05) is 72.3 Å². The van der Waals surface area contributed by atoms with Crippen molar-refractivity contribution in [3.63, 3.8) is 0 Å². The van der Waals surface area contributed by atoms with Crippen LogP contribution in [0.2, 0.25) is 5.02 Å². The normalized spacial score (nSPS) is 11.3. The molecule has 0 aliphatic rings. The third-order valence-electron chi connectivity index (χ3n) is 6.14. The zero-order chi connectivity index (χ0) is 28.7. The maximum Gasteiger partial charge on any atom is 0.243 e. The van der Waals surface area contributed by atoms with Crippen LogP contribution in [0.4, 0.5) is 5.69 Å². The molecule has 0 heterocycles.